The van der Waals surface area contributed by atoms with Gasteiger partial charge in [-0.3, -0.25) is 9.88 Å². The van der Waals surface area contributed by atoms with Gasteiger partial charge in [0.2, 0.25) is 0 Å². The molecule has 4 aromatic rings. The van der Waals surface area contributed by atoms with Crippen LogP contribution in [0.3, 0.4) is 0 Å². The first-order valence-corrected chi connectivity index (χ1v) is 12.8. The second-order valence-electron chi connectivity index (χ2n) is 8.45. The zero-order chi connectivity index (χ0) is 22.8. The summed E-state index contributed by atoms with van der Waals surface area (Å²) in [7, 11) is 0. The minimum atomic E-state index is 0.165. The summed E-state index contributed by atoms with van der Waals surface area (Å²) in [6, 6.07) is 15.1. The highest BCUT2D eigenvalue weighted by molar-refractivity contribution is 9.11. The van der Waals surface area contributed by atoms with E-state index in [0.29, 0.717) is 0 Å². The number of nitrogens with one attached hydrogen (secondary N) is 1. The van der Waals surface area contributed by atoms with E-state index in [2.05, 4.69) is 84.3 Å². The van der Waals surface area contributed by atoms with Crippen LogP contribution in [0.2, 0.25) is 0 Å². The fraction of sp³-hybridized carbons (Fsp3) is 0.320. The monoisotopic (exact) mass is 522 g/mol. The molecule has 1 fully saturated rings. The Hall–Kier alpha value is -2.55. The molecular weight excluding hydrogens is 496 g/mol. The molecule has 0 spiro atoms. The van der Waals surface area contributed by atoms with Gasteiger partial charge in [-0.2, -0.15) is 0 Å². The first-order valence-electron chi connectivity index (χ1n) is 11.2. The van der Waals surface area contributed by atoms with E-state index >= 15 is 0 Å². The van der Waals surface area contributed by atoms with Crippen molar-refractivity contribution >= 4 is 49.7 Å². The standard InChI is InChI=1S/C25H27BrN6S/c1-17(23-7-8-24(26)33-23)28-25-21-14-20(5-6-22(21)29-18(2)30-25)32-12-10-31(11-13-32)16-19-4-3-9-27-15-19/h3-9,14-15,17H,10-13,16H2,1-2H3,(H,28,29,30). The fourth-order valence-corrected chi connectivity index (χ4v) is 5.72. The average molecular weight is 524 g/mol. The predicted molar refractivity (Wildman–Crippen MR) is 140 cm³/mol. The molecular formula is C25H27BrN6S. The summed E-state index contributed by atoms with van der Waals surface area (Å²) in [5.41, 5.74) is 3.47. The van der Waals surface area contributed by atoms with E-state index < -0.39 is 0 Å². The van der Waals surface area contributed by atoms with Crippen LogP contribution in [0.4, 0.5) is 11.5 Å². The second-order valence-corrected chi connectivity index (χ2v) is 10.9. The Labute approximate surface area is 206 Å². The van der Waals surface area contributed by atoms with Gasteiger partial charge in [0.25, 0.3) is 0 Å². The maximum absolute atomic E-state index is 4.76. The Kier molecular flexibility index (Phi) is 6.57. The summed E-state index contributed by atoms with van der Waals surface area (Å²) in [6.45, 7) is 9.15. The maximum Gasteiger partial charge on any atom is 0.138 e. The third-order valence-corrected chi connectivity index (χ3v) is 7.84. The smallest absolute Gasteiger partial charge is 0.138 e. The minimum Gasteiger partial charge on any atom is -0.369 e. The van der Waals surface area contributed by atoms with E-state index in [0.717, 1.165) is 59.1 Å². The lowest BCUT2D eigenvalue weighted by Crippen LogP contribution is -2.45. The Balaban J connectivity index is 1.33. The second kappa shape index (κ2) is 9.75. The molecule has 1 unspecified atom stereocenters. The molecule has 1 N–H and O–H groups in total. The van der Waals surface area contributed by atoms with E-state index in [9.17, 15) is 0 Å². The number of rotatable bonds is 6. The quantitative estimate of drug-likeness (QED) is 0.353. The minimum absolute atomic E-state index is 0.165. The van der Waals surface area contributed by atoms with Crippen molar-refractivity contribution < 1.29 is 0 Å². The third-order valence-electron chi connectivity index (χ3n) is 6.03. The van der Waals surface area contributed by atoms with Crippen LogP contribution < -0.4 is 10.2 Å². The number of fused-ring (bicyclic) bond motifs is 1. The summed E-state index contributed by atoms with van der Waals surface area (Å²) < 4.78 is 1.14. The average Bonchev–Trinajstić information content (AvgIpc) is 3.26. The number of hydrogen-bond donors (Lipinski definition) is 1. The van der Waals surface area contributed by atoms with Gasteiger partial charge < -0.3 is 10.2 Å². The highest BCUT2D eigenvalue weighted by Crippen LogP contribution is 2.32. The largest absolute Gasteiger partial charge is 0.369 e. The van der Waals surface area contributed by atoms with Crippen LogP contribution in [0, 0.1) is 6.92 Å². The van der Waals surface area contributed by atoms with Gasteiger partial charge in [-0.25, -0.2) is 9.97 Å². The Bertz CT molecular complexity index is 1240. The van der Waals surface area contributed by atoms with Crippen molar-refractivity contribution in [1.82, 2.24) is 19.9 Å². The molecule has 0 saturated carbocycles. The lowest BCUT2D eigenvalue weighted by atomic mass is 10.1. The third kappa shape index (κ3) is 5.18. The molecule has 1 saturated heterocycles. The fourth-order valence-electron chi connectivity index (χ4n) is 4.29. The predicted octanol–water partition coefficient (Wildman–Crippen LogP) is 5.65. The highest BCUT2D eigenvalue weighted by atomic mass is 79.9. The molecule has 1 atom stereocenters. The summed E-state index contributed by atoms with van der Waals surface area (Å²) in [4.78, 5) is 19.9. The molecule has 0 amide bonds. The van der Waals surface area contributed by atoms with Crippen LogP contribution in [0.15, 0.2) is 58.6 Å². The lowest BCUT2D eigenvalue weighted by molar-refractivity contribution is 0.249. The number of hydrogen-bond acceptors (Lipinski definition) is 7. The summed E-state index contributed by atoms with van der Waals surface area (Å²) in [5.74, 6) is 1.67. The molecule has 3 aromatic heterocycles. The van der Waals surface area contributed by atoms with Gasteiger partial charge in [0.15, 0.2) is 0 Å². The van der Waals surface area contributed by atoms with Gasteiger partial charge in [0.05, 0.1) is 15.3 Å². The van der Waals surface area contributed by atoms with Gasteiger partial charge in [-0.05, 0) is 71.7 Å². The van der Waals surface area contributed by atoms with Crippen molar-refractivity contribution in [3.8, 4) is 0 Å². The number of anilines is 2. The van der Waals surface area contributed by atoms with Crippen molar-refractivity contribution in [2.45, 2.75) is 26.4 Å². The van der Waals surface area contributed by atoms with Gasteiger partial charge in [-0.15, -0.1) is 11.3 Å². The van der Waals surface area contributed by atoms with Gasteiger partial charge >= 0.3 is 0 Å². The number of pyridine rings is 1. The van der Waals surface area contributed by atoms with Crippen LogP contribution in [0.1, 0.15) is 29.2 Å². The molecule has 6 nitrogen and oxygen atoms in total. The van der Waals surface area contributed by atoms with E-state index in [1.54, 1.807) is 11.3 Å². The van der Waals surface area contributed by atoms with Gasteiger partial charge in [0, 0.05) is 61.1 Å². The maximum atomic E-state index is 4.76. The number of nitrogens with zero attached hydrogens (tertiary/aromatic N) is 5. The molecule has 1 aromatic carbocycles. The molecule has 0 radical (unpaired) electrons. The first-order chi connectivity index (χ1) is 16.0. The molecule has 0 aliphatic carbocycles. The molecule has 170 valence electrons. The molecule has 33 heavy (non-hydrogen) atoms. The zero-order valence-electron chi connectivity index (χ0n) is 18.8. The Morgan fingerprint density at radius 2 is 1.94 bits per heavy atom. The van der Waals surface area contributed by atoms with Crippen LogP contribution in [0.25, 0.3) is 10.9 Å². The Morgan fingerprint density at radius 3 is 2.67 bits per heavy atom. The number of aromatic nitrogens is 3. The van der Waals surface area contributed by atoms with Crippen molar-refractivity contribution in [3.05, 3.63) is 74.9 Å². The van der Waals surface area contributed by atoms with E-state index in [1.807, 2.05) is 25.4 Å². The number of aryl methyl sites for hydroxylation is 1. The van der Waals surface area contributed by atoms with Crippen molar-refractivity contribution in [3.63, 3.8) is 0 Å². The summed E-state index contributed by atoms with van der Waals surface area (Å²) in [6.07, 6.45) is 3.79. The normalized spacial score (nSPS) is 15.7. The van der Waals surface area contributed by atoms with E-state index in [1.165, 1.54) is 16.1 Å². The molecule has 0 bridgehead atoms. The molecule has 1 aliphatic heterocycles. The SMILES string of the molecule is Cc1nc(NC(C)c2ccc(Br)s2)c2cc(N3CCN(Cc4cccnc4)CC3)ccc2n1. The van der Waals surface area contributed by atoms with Crippen LogP contribution in [-0.4, -0.2) is 46.0 Å². The summed E-state index contributed by atoms with van der Waals surface area (Å²) in [5, 5.41) is 4.69. The van der Waals surface area contributed by atoms with Crippen molar-refractivity contribution in [1.29, 1.82) is 0 Å². The van der Waals surface area contributed by atoms with Crippen LogP contribution in [-0.2, 0) is 6.54 Å². The van der Waals surface area contributed by atoms with E-state index in [4.69, 9.17) is 4.98 Å². The van der Waals surface area contributed by atoms with E-state index in [-0.39, 0.29) is 6.04 Å². The van der Waals surface area contributed by atoms with Gasteiger partial charge in [0.1, 0.15) is 11.6 Å². The van der Waals surface area contributed by atoms with Crippen LogP contribution in [0.5, 0.6) is 0 Å². The molecule has 4 heterocycles. The first kappa shape index (κ1) is 22.3. The van der Waals surface area contributed by atoms with Crippen molar-refractivity contribution in [2.75, 3.05) is 36.4 Å². The number of thiophene rings is 1. The molecule has 8 heteroatoms. The van der Waals surface area contributed by atoms with Gasteiger partial charge in [-0.1, -0.05) is 6.07 Å². The number of halogens is 1. The Morgan fingerprint density at radius 1 is 1.09 bits per heavy atom. The highest BCUT2D eigenvalue weighted by Gasteiger charge is 2.19. The molecule has 1 aliphatic rings. The molecule has 5 rings (SSSR count). The summed E-state index contributed by atoms with van der Waals surface area (Å²) >= 11 is 5.31. The topological polar surface area (TPSA) is 57.2 Å². The lowest BCUT2D eigenvalue weighted by Gasteiger charge is -2.36. The number of piperazine rings is 1. The van der Waals surface area contributed by atoms with Crippen molar-refractivity contribution in [2.24, 2.45) is 0 Å². The van der Waals surface area contributed by atoms with Crippen LogP contribution >= 0.6 is 27.3 Å². The number of benzene rings is 1. The zero-order valence-corrected chi connectivity index (χ0v) is 21.2.